The lowest BCUT2D eigenvalue weighted by Crippen LogP contribution is -2.65. The van der Waals surface area contributed by atoms with E-state index in [-0.39, 0.29) is 0 Å². The molecule has 1 aromatic carbocycles. The first-order valence-electron chi connectivity index (χ1n) is 11.7. The molecule has 4 atom stereocenters. The van der Waals surface area contributed by atoms with Gasteiger partial charge in [0, 0.05) is 44.6 Å². The summed E-state index contributed by atoms with van der Waals surface area (Å²) in [7, 11) is 4.37. The van der Waals surface area contributed by atoms with Gasteiger partial charge in [-0.05, 0) is 63.9 Å². The largest absolute Gasteiger partial charge is 0.342 e. The van der Waals surface area contributed by atoms with Crippen molar-refractivity contribution in [3.05, 3.63) is 30.1 Å². The molecule has 2 bridgehead atoms. The maximum absolute atomic E-state index is 13.2. The molecule has 4 heterocycles. The van der Waals surface area contributed by atoms with Crippen LogP contribution in [-0.2, 0) is 11.2 Å². The van der Waals surface area contributed by atoms with Gasteiger partial charge < -0.3 is 14.8 Å². The fraction of sp³-hybridized carbons (Fsp3) is 0.667. The number of para-hydroxylation sites is 2. The number of rotatable bonds is 5. The first-order valence-corrected chi connectivity index (χ1v) is 11.7. The summed E-state index contributed by atoms with van der Waals surface area (Å²) in [6, 6.07) is 9.34. The summed E-state index contributed by atoms with van der Waals surface area (Å²) in [5.41, 5.74) is 2.03. The zero-order valence-electron chi connectivity index (χ0n) is 18.4. The van der Waals surface area contributed by atoms with Gasteiger partial charge in [-0.15, -0.1) is 0 Å². The van der Waals surface area contributed by atoms with E-state index < -0.39 is 0 Å². The van der Waals surface area contributed by atoms with Crippen molar-refractivity contribution in [2.45, 2.75) is 50.6 Å². The van der Waals surface area contributed by atoms with E-state index in [1.54, 1.807) is 0 Å². The highest BCUT2D eigenvalue weighted by atomic mass is 16.2. The highest BCUT2D eigenvalue weighted by molar-refractivity contribution is 5.77. The van der Waals surface area contributed by atoms with E-state index in [2.05, 4.69) is 38.8 Å². The third-order valence-corrected chi connectivity index (χ3v) is 7.54. The summed E-state index contributed by atoms with van der Waals surface area (Å²) in [6.07, 6.45) is 6.52. The molecule has 2 aromatic rings. The lowest BCUT2D eigenvalue weighted by atomic mass is 9.72. The van der Waals surface area contributed by atoms with Crippen LogP contribution in [0.2, 0.25) is 0 Å². The van der Waals surface area contributed by atoms with Crippen molar-refractivity contribution in [1.82, 2.24) is 24.7 Å². The average molecular weight is 410 g/mol. The quantitative estimate of drug-likeness (QED) is 0.825. The van der Waals surface area contributed by atoms with Crippen LogP contribution in [0, 0.1) is 11.8 Å². The summed E-state index contributed by atoms with van der Waals surface area (Å²) in [5, 5.41) is 0. The van der Waals surface area contributed by atoms with Crippen molar-refractivity contribution in [1.29, 1.82) is 0 Å². The molecule has 30 heavy (non-hydrogen) atoms. The summed E-state index contributed by atoms with van der Waals surface area (Å²) in [6.45, 7) is 4.23. The fourth-order valence-corrected chi connectivity index (χ4v) is 6.24. The van der Waals surface area contributed by atoms with Crippen molar-refractivity contribution in [3.8, 4) is 0 Å². The number of nitrogens with zero attached hydrogens (tertiary/aromatic N) is 4. The second-order valence-electron chi connectivity index (χ2n) is 9.89. The molecule has 6 nitrogen and oxygen atoms in total. The van der Waals surface area contributed by atoms with Crippen LogP contribution in [-0.4, -0.2) is 82.9 Å². The van der Waals surface area contributed by atoms with Gasteiger partial charge in [0.05, 0.1) is 11.0 Å². The molecule has 1 N–H and O–H groups in total. The van der Waals surface area contributed by atoms with Gasteiger partial charge in [0.1, 0.15) is 5.82 Å². The Kier molecular flexibility index (Phi) is 5.54. The number of aromatic amines is 1. The number of likely N-dealkylation sites (tertiary alicyclic amines) is 1. The molecular weight excluding hydrogens is 374 g/mol. The summed E-state index contributed by atoms with van der Waals surface area (Å²) < 4.78 is 0. The molecule has 0 aliphatic carbocycles. The minimum absolute atomic E-state index is 0.304. The van der Waals surface area contributed by atoms with Crippen LogP contribution in [0.15, 0.2) is 24.3 Å². The number of hydrogen-bond acceptors (Lipinski definition) is 4. The zero-order chi connectivity index (χ0) is 20.7. The molecule has 0 radical (unpaired) electrons. The van der Waals surface area contributed by atoms with Crippen molar-refractivity contribution in [2.24, 2.45) is 11.8 Å². The number of hydrogen-bond donors (Lipinski definition) is 1. The van der Waals surface area contributed by atoms with Crippen LogP contribution < -0.4 is 0 Å². The van der Waals surface area contributed by atoms with E-state index in [1.165, 1.54) is 32.2 Å². The van der Waals surface area contributed by atoms with Crippen molar-refractivity contribution < 1.29 is 4.79 Å². The number of amides is 1. The molecule has 5 rings (SSSR count). The molecule has 0 unspecified atom stereocenters. The van der Waals surface area contributed by atoms with Gasteiger partial charge in [-0.3, -0.25) is 9.69 Å². The highest BCUT2D eigenvalue weighted by Crippen LogP contribution is 2.41. The maximum atomic E-state index is 13.2. The molecular formula is C24H35N5O. The normalized spacial score (nSPS) is 29.4. The van der Waals surface area contributed by atoms with Crippen LogP contribution in [0.5, 0.6) is 0 Å². The number of benzene rings is 1. The Morgan fingerprint density at radius 2 is 2.03 bits per heavy atom. The average Bonchev–Trinajstić information content (AvgIpc) is 3.18. The second kappa shape index (κ2) is 8.31. The van der Waals surface area contributed by atoms with Gasteiger partial charge in [-0.25, -0.2) is 4.98 Å². The zero-order valence-corrected chi connectivity index (χ0v) is 18.4. The summed E-state index contributed by atoms with van der Waals surface area (Å²) in [4.78, 5) is 28.5. The smallest absolute Gasteiger partial charge is 0.223 e. The van der Waals surface area contributed by atoms with Crippen molar-refractivity contribution in [2.75, 3.05) is 40.3 Å². The molecule has 6 heteroatoms. The molecule has 0 saturated carbocycles. The summed E-state index contributed by atoms with van der Waals surface area (Å²) >= 11 is 0. The van der Waals surface area contributed by atoms with Crippen molar-refractivity contribution >= 4 is 16.9 Å². The number of aryl methyl sites for hydroxylation is 1. The first kappa shape index (κ1) is 20.0. The second-order valence-corrected chi connectivity index (χ2v) is 9.89. The van der Waals surface area contributed by atoms with Crippen LogP contribution in [0.3, 0.4) is 0 Å². The fourth-order valence-electron chi connectivity index (χ4n) is 6.24. The maximum Gasteiger partial charge on any atom is 0.223 e. The third kappa shape index (κ3) is 3.87. The van der Waals surface area contributed by atoms with E-state index in [1.807, 2.05) is 24.3 Å². The molecule has 3 saturated heterocycles. The molecule has 3 aliphatic heterocycles. The number of imidazole rings is 1. The van der Waals surface area contributed by atoms with Crippen LogP contribution in [0.4, 0.5) is 0 Å². The minimum Gasteiger partial charge on any atom is -0.342 e. The van der Waals surface area contributed by atoms with E-state index in [0.29, 0.717) is 42.7 Å². The number of likely N-dealkylation sites (N-methyl/N-ethyl adjacent to an activating group) is 1. The number of H-pyrrole nitrogens is 1. The number of aromatic nitrogens is 2. The molecule has 0 spiro atoms. The Morgan fingerprint density at radius 1 is 1.20 bits per heavy atom. The Bertz CT molecular complexity index is 860. The Labute approximate surface area is 179 Å². The third-order valence-electron chi connectivity index (χ3n) is 7.54. The SMILES string of the molecule is CN(C)C[C@H]1[C@H]2C[C@H](CN(C(=O)CCc3nc4ccccc4[nH]3)C2)[C@@H]2CCCCN21. The minimum atomic E-state index is 0.304. The first-order chi connectivity index (χ1) is 14.6. The predicted octanol–water partition coefficient (Wildman–Crippen LogP) is 2.76. The number of nitrogens with one attached hydrogen (secondary N) is 1. The van der Waals surface area contributed by atoms with Crippen LogP contribution >= 0.6 is 0 Å². The highest BCUT2D eigenvalue weighted by Gasteiger charge is 2.47. The molecule has 3 aliphatic rings. The molecule has 162 valence electrons. The van der Waals surface area contributed by atoms with Gasteiger partial charge in [0.2, 0.25) is 5.91 Å². The molecule has 1 aromatic heterocycles. The van der Waals surface area contributed by atoms with Gasteiger partial charge >= 0.3 is 0 Å². The number of fused-ring (bicyclic) bond motifs is 5. The molecule has 3 fully saturated rings. The standard InChI is InChI=1S/C24H35N5O/c1-27(2)16-22-18-13-17(21-9-5-6-12-29(21)22)14-28(15-18)24(30)11-10-23-25-19-7-3-4-8-20(19)26-23/h3-4,7-8,17-18,21-22H,5-6,9-16H2,1-2H3,(H,25,26)/t17-,18+,21+,22+/m1/s1. The van der Waals surface area contributed by atoms with Gasteiger partial charge in [-0.1, -0.05) is 18.6 Å². The van der Waals surface area contributed by atoms with Gasteiger partial charge in [-0.2, -0.15) is 0 Å². The lowest BCUT2D eigenvalue weighted by molar-refractivity contribution is -0.141. The van der Waals surface area contributed by atoms with Gasteiger partial charge in [0.25, 0.3) is 0 Å². The topological polar surface area (TPSA) is 55.5 Å². The number of carbonyl (C=O) groups excluding carboxylic acids is 1. The van der Waals surface area contributed by atoms with Crippen LogP contribution in [0.25, 0.3) is 11.0 Å². The molecule has 1 amide bonds. The van der Waals surface area contributed by atoms with Crippen molar-refractivity contribution in [3.63, 3.8) is 0 Å². The Balaban J connectivity index is 1.26. The monoisotopic (exact) mass is 409 g/mol. The predicted molar refractivity (Wildman–Crippen MR) is 119 cm³/mol. The van der Waals surface area contributed by atoms with Crippen LogP contribution in [0.1, 0.15) is 37.9 Å². The Morgan fingerprint density at radius 3 is 2.87 bits per heavy atom. The van der Waals surface area contributed by atoms with E-state index >= 15 is 0 Å². The van der Waals surface area contributed by atoms with E-state index in [0.717, 1.165) is 36.5 Å². The number of carbonyl (C=O) groups is 1. The van der Waals surface area contributed by atoms with E-state index in [9.17, 15) is 4.79 Å². The Hall–Kier alpha value is -1.92. The summed E-state index contributed by atoms with van der Waals surface area (Å²) in [5.74, 6) is 2.48. The lowest BCUT2D eigenvalue weighted by Gasteiger charge is -2.57. The van der Waals surface area contributed by atoms with E-state index in [4.69, 9.17) is 0 Å². The number of piperidine rings is 3. The van der Waals surface area contributed by atoms with Gasteiger partial charge in [0.15, 0.2) is 0 Å².